The summed E-state index contributed by atoms with van der Waals surface area (Å²) in [7, 11) is 2.98. The summed E-state index contributed by atoms with van der Waals surface area (Å²) in [6.45, 7) is 3.00. The lowest BCUT2D eigenvalue weighted by Gasteiger charge is -2.27. The summed E-state index contributed by atoms with van der Waals surface area (Å²) in [6.07, 6.45) is -0.911. The third-order valence-corrected chi connectivity index (χ3v) is 3.81. The van der Waals surface area contributed by atoms with Crippen molar-refractivity contribution in [1.82, 2.24) is 0 Å². The maximum absolute atomic E-state index is 11.6. The molecule has 0 amide bonds. The van der Waals surface area contributed by atoms with Gasteiger partial charge in [-0.25, -0.2) is 4.79 Å². The van der Waals surface area contributed by atoms with Crippen LogP contribution in [0, 0.1) is 0 Å². The highest BCUT2D eigenvalue weighted by Gasteiger charge is 2.30. The molecule has 0 bridgehead atoms. The van der Waals surface area contributed by atoms with Crippen LogP contribution in [-0.2, 0) is 6.42 Å². The Balaban J connectivity index is 2.75. The summed E-state index contributed by atoms with van der Waals surface area (Å²) in [4.78, 5) is 11.6. The van der Waals surface area contributed by atoms with Crippen LogP contribution in [0.25, 0.3) is 11.0 Å². The highest BCUT2D eigenvalue weighted by Crippen LogP contribution is 2.37. The molecule has 0 saturated heterocycles. The van der Waals surface area contributed by atoms with Gasteiger partial charge in [-0.3, -0.25) is 0 Å². The molecule has 2 aromatic rings. The number of methoxy groups -OCH3 is 2. The monoisotopic (exact) mass is 308 g/mol. The lowest BCUT2D eigenvalue weighted by atomic mass is 9.90. The van der Waals surface area contributed by atoms with Crippen molar-refractivity contribution < 1.29 is 24.1 Å². The molecule has 1 unspecified atom stereocenters. The Morgan fingerprint density at radius 2 is 1.91 bits per heavy atom. The van der Waals surface area contributed by atoms with Crippen LogP contribution in [0.15, 0.2) is 27.4 Å². The average molecular weight is 308 g/mol. The van der Waals surface area contributed by atoms with E-state index in [1.54, 1.807) is 12.1 Å². The highest BCUT2D eigenvalue weighted by atomic mass is 16.5. The van der Waals surface area contributed by atoms with E-state index in [-0.39, 0.29) is 12.0 Å². The minimum Gasteiger partial charge on any atom is -0.496 e. The van der Waals surface area contributed by atoms with Gasteiger partial charge in [-0.15, -0.1) is 0 Å². The molecule has 2 rings (SSSR count). The first-order chi connectivity index (χ1) is 10.3. The molecule has 22 heavy (non-hydrogen) atoms. The normalized spacial score (nSPS) is 15.4. The first kappa shape index (κ1) is 16.3. The number of rotatable bonds is 5. The van der Waals surface area contributed by atoms with E-state index in [4.69, 9.17) is 13.9 Å². The summed E-state index contributed by atoms with van der Waals surface area (Å²) >= 11 is 0. The number of hydrogen-bond donors (Lipinski definition) is 2. The zero-order valence-corrected chi connectivity index (χ0v) is 13.0. The highest BCUT2D eigenvalue weighted by molar-refractivity contribution is 5.88. The molecule has 120 valence electrons. The SMILES string of the molecule is COc1cc(OC)c2ccc(=O)oc2c1C[C@](C)(O)C(C)O. The topological polar surface area (TPSA) is 89.1 Å². The molecule has 1 aromatic carbocycles. The maximum atomic E-state index is 11.6. The van der Waals surface area contributed by atoms with Gasteiger partial charge in [-0.2, -0.15) is 0 Å². The fraction of sp³-hybridized carbons (Fsp3) is 0.438. The number of aliphatic hydroxyl groups excluding tert-OH is 1. The van der Waals surface area contributed by atoms with Gasteiger partial charge in [0.15, 0.2) is 0 Å². The van der Waals surface area contributed by atoms with Gasteiger partial charge >= 0.3 is 5.63 Å². The predicted molar refractivity (Wildman–Crippen MR) is 81.6 cm³/mol. The zero-order valence-electron chi connectivity index (χ0n) is 13.0. The number of aliphatic hydroxyl groups is 2. The van der Waals surface area contributed by atoms with Crippen LogP contribution in [0.5, 0.6) is 11.5 Å². The van der Waals surface area contributed by atoms with Gasteiger partial charge in [0.25, 0.3) is 0 Å². The van der Waals surface area contributed by atoms with Crippen molar-refractivity contribution in [1.29, 1.82) is 0 Å². The average Bonchev–Trinajstić information content (AvgIpc) is 2.47. The van der Waals surface area contributed by atoms with E-state index in [0.29, 0.717) is 22.4 Å². The molecule has 0 radical (unpaired) electrons. The standard InChI is InChI=1S/C16H20O6/c1-9(17)16(2,19)8-11-13(21-4)7-12(20-3)10-5-6-14(18)22-15(10)11/h5-7,9,17,19H,8H2,1-4H3/t9?,16-/m0/s1. The second-order valence-corrected chi connectivity index (χ2v) is 5.47. The summed E-state index contributed by atoms with van der Waals surface area (Å²) in [5.74, 6) is 0.913. The molecular formula is C16H20O6. The van der Waals surface area contributed by atoms with Crippen LogP contribution in [0.4, 0.5) is 0 Å². The Morgan fingerprint density at radius 1 is 1.27 bits per heavy atom. The van der Waals surface area contributed by atoms with Gasteiger partial charge in [0.2, 0.25) is 0 Å². The van der Waals surface area contributed by atoms with Crippen molar-refractivity contribution in [2.24, 2.45) is 0 Å². The summed E-state index contributed by atoms with van der Waals surface area (Å²) in [6, 6.07) is 4.56. The second kappa shape index (κ2) is 5.98. The Hall–Kier alpha value is -2.05. The molecule has 1 heterocycles. The smallest absolute Gasteiger partial charge is 0.336 e. The molecule has 6 nitrogen and oxygen atoms in total. The molecule has 2 N–H and O–H groups in total. The van der Waals surface area contributed by atoms with Crippen molar-refractivity contribution in [2.75, 3.05) is 14.2 Å². The van der Waals surface area contributed by atoms with E-state index >= 15 is 0 Å². The maximum Gasteiger partial charge on any atom is 0.336 e. The molecular weight excluding hydrogens is 288 g/mol. The lowest BCUT2D eigenvalue weighted by Crippen LogP contribution is -2.39. The van der Waals surface area contributed by atoms with E-state index in [9.17, 15) is 15.0 Å². The molecule has 1 aromatic heterocycles. The number of ether oxygens (including phenoxy) is 2. The number of benzene rings is 1. The van der Waals surface area contributed by atoms with Crippen molar-refractivity contribution in [2.45, 2.75) is 32.0 Å². The molecule has 0 fully saturated rings. The van der Waals surface area contributed by atoms with Crippen LogP contribution in [0.3, 0.4) is 0 Å². The van der Waals surface area contributed by atoms with Crippen LogP contribution < -0.4 is 15.1 Å². The minimum absolute atomic E-state index is 0.0568. The summed E-state index contributed by atoms with van der Waals surface area (Å²) < 4.78 is 15.9. The minimum atomic E-state index is -1.40. The summed E-state index contributed by atoms with van der Waals surface area (Å²) in [5, 5.41) is 20.7. The fourth-order valence-electron chi connectivity index (χ4n) is 2.25. The van der Waals surface area contributed by atoms with Gasteiger partial charge in [0.1, 0.15) is 17.1 Å². The molecule has 0 spiro atoms. The molecule has 6 heteroatoms. The van der Waals surface area contributed by atoms with E-state index in [1.807, 2.05) is 0 Å². The van der Waals surface area contributed by atoms with E-state index in [2.05, 4.69) is 0 Å². The quantitative estimate of drug-likeness (QED) is 0.813. The summed E-state index contributed by atoms with van der Waals surface area (Å²) in [5.41, 5.74) is -1.13. The van der Waals surface area contributed by atoms with Gasteiger partial charge in [0.05, 0.1) is 31.3 Å². The zero-order chi connectivity index (χ0) is 16.5. The van der Waals surface area contributed by atoms with Gasteiger partial charge in [-0.1, -0.05) is 0 Å². The third kappa shape index (κ3) is 2.93. The van der Waals surface area contributed by atoms with Gasteiger partial charge in [-0.05, 0) is 19.9 Å². The second-order valence-electron chi connectivity index (χ2n) is 5.47. The Kier molecular flexibility index (Phi) is 4.44. The number of fused-ring (bicyclic) bond motifs is 1. The first-order valence-electron chi connectivity index (χ1n) is 6.88. The first-order valence-corrected chi connectivity index (χ1v) is 6.88. The largest absolute Gasteiger partial charge is 0.496 e. The van der Waals surface area contributed by atoms with Gasteiger partial charge in [0, 0.05) is 24.1 Å². The number of hydrogen-bond acceptors (Lipinski definition) is 6. The van der Waals surface area contributed by atoms with Crippen LogP contribution >= 0.6 is 0 Å². The van der Waals surface area contributed by atoms with Crippen molar-refractivity contribution in [3.05, 3.63) is 34.2 Å². The fourth-order valence-corrected chi connectivity index (χ4v) is 2.25. The molecule has 0 saturated carbocycles. The third-order valence-electron chi connectivity index (χ3n) is 3.81. The predicted octanol–water partition coefficient (Wildman–Crippen LogP) is 1.48. The Morgan fingerprint density at radius 3 is 2.45 bits per heavy atom. The molecule has 2 atom stereocenters. The lowest BCUT2D eigenvalue weighted by molar-refractivity contribution is -0.0514. The van der Waals surface area contributed by atoms with E-state index in [1.165, 1.54) is 34.1 Å². The van der Waals surface area contributed by atoms with Crippen molar-refractivity contribution in [3.63, 3.8) is 0 Å². The van der Waals surface area contributed by atoms with E-state index in [0.717, 1.165) is 0 Å². The van der Waals surface area contributed by atoms with Crippen molar-refractivity contribution in [3.8, 4) is 11.5 Å². The van der Waals surface area contributed by atoms with Crippen LogP contribution in [0.1, 0.15) is 19.4 Å². The Labute approximate surface area is 127 Å². The van der Waals surface area contributed by atoms with Crippen LogP contribution in [0.2, 0.25) is 0 Å². The molecule has 0 aliphatic carbocycles. The Bertz CT molecular complexity index is 729. The van der Waals surface area contributed by atoms with E-state index < -0.39 is 17.3 Å². The van der Waals surface area contributed by atoms with Crippen molar-refractivity contribution >= 4 is 11.0 Å². The molecule has 0 aliphatic rings. The van der Waals surface area contributed by atoms with Crippen LogP contribution in [-0.4, -0.2) is 36.1 Å². The van der Waals surface area contributed by atoms with Gasteiger partial charge < -0.3 is 24.1 Å². The molecule has 0 aliphatic heterocycles.